The molecular weight excluding hydrogens is 535 g/mol. The van der Waals surface area contributed by atoms with Crippen molar-refractivity contribution in [3.63, 3.8) is 0 Å². The number of imidazole rings is 1. The molecule has 0 saturated carbocycles. The van der Waals surface area contributed by atoms with Crippen LogP contribution in [0, 0.1) is 0 Å². The number of hydrogen-bond acceptors (Lipinski definition) is 9. The molecule has 2 aliphatic rings. The number of alkyl halides is 3. The maximum Gasteiger partial charge on any atom is 0.335 e. The van der Waals surface area contributed by atoms with E-state index in [2.05, 4.69) is 20.2 Å². The van der Waals surface area contributed by atoms with Gasteiger partial charge >= 0.3 is 5.69 Å². The first kappa shape index (κ1) is 26.1. The minimum atomic E-state index is -4.27. The Labute approximate surface area is 214 Å². The molecule has 0 amide bonds. The van der Waals surface area contributed by atoms with Gasteiger partial charge in [0.05, 0.1) is 34.8 Å². The highest BCUT2D eigenvalue weighted by atomic mass is 32.2. The fourth-order valence-electron chi connectivity index (χ4n) is 4.81. The van der Waals surface area contributed by atoms with Gasteiger partial charge in [-0.2, -0.15) is 4.72 Å². The van der Waals surface area contributed by atoms with Crippen LogP contribution in [0.4, 0.5) is 18.9 Å². The van der Waals surface area contributed by atoms with E-state index in [-0.39, 0.29) is 40.8 Å². The highest BCUT2D eigenvalue weighted by molar-refractivity contribution is 7.89. The second kappa shape index (κ2) is 9.34. The molecule has 1 aromatic carbocycles. The first-order chi connectivity index (χ1) is 17.4. The van der Waals surface area contributed by atoms with Gasteiger partial charge in [0.1, 0.15) is 12.2 Å². The van der Waals surface area contributed by atoms with E-state index in [1.54, 1.807) is 0 Å². The first-order valence-corrected chi connectivity index (χ1v) is 13.8. The van der Waals surface area contributed by atoms with Crippen molar-refractivity contribution in [3.05, 3.63) is 27.6 Å². The summed E-state index contributed by atoms with van der Waals surface area (Å²) in [5.41, 5.74) is -0.936. The number of ether oxygens (including phenoxy) is 1. The van der Waals surface area contributed by atoms with E-state index in [1.807, 2.05) is 18.7 Å². The van der Waals surface area contributed by atoms with Gasteiger partial charge in [-0.3, -0.25) is 4.57 Å². The topological polar surface area (TPSA) is 123 Å². The van der Waals surface area contributed by atoms with E-state index in [4.69, 9.17) is 4.74 Å². The summed E-state index contributed by atoms with van der Waals surface area (Å²) in [4.78, 5) is 15.1. The number of benzene rings is 1. The Morgan fingerprint density at radius 3 is 2.46 bits per heavy atom. The molecule has 2 N–H and O–H groups in total. The number of sulfonamides is 1. The first-order valence-electron chi connectivity index (χ1n) is 11.5. The number of piperazine rings is 1. The zero-order valence-electron chi connectivity index (χ0n) is 20.2. The summed E-state index contributed by atoms with van der Waals surface area (Å²) in [6.07, 6.45) is -2.88. The van der Waals surface area contributed by atoms with Crippen molar-refractivity contribution in [1.82, 2.24) is 29.4 Å². The van der Waals surface area contributed by atoms with Gasteiger partial charge in [0.15, 0.2) is 5.01 Å². The quantitative estimate of drug-likeness (QED) is 0.443. The third-order valence-corrected chi connectivity index (χ3v) is 8.95. The molecule has 2 atom stereocenters. The Balaban J connectivity index is 1.74. The summed E-state index contributed by atoms with van der Waals surface area (Å²) < 4.78 is 76.9. The average Bonchev–Trinajstić information content (AvgIpc) is 3.38. The molecule has 11 nitrogen and oxygen atoms in total. The molecule has 2 aliphatic heterocycles. The lowest BCUT2D eigenvalue weighted by atomic mass is 10.0. The van der Waals surface area contributed by atoms with E-state index < -0.39 is 39.4 Å². The molecule has 2 fully saturated rings. The predicted molar refractivity (Wildman–Crippen MR) is 131 cm³/mol. The van der Waals surface area contributed by atoms with E-state index in [0.29, 0.717) is 35.6 Å². The Hall–Kier alpha value is -2.53. The molecule has 202 valence electrons. The van der Waals surface area contributed by atoms with E-state index >= 15 is 0 Å². The highest BCUT2D eigenvalue weighted by Gasteiger charge is 2.43. The number of nitrogens with one attached hydrogen (secondary N) is 2. The molecule has 0 aliphatic carbocycles. The monoisotopic (exact) mass is 561 g/mol. The zero-order chi connectivity index (χ0) is 26.7. The molecule has 0 bridgehead atoms. The van der Waals surface area contributed by atoms with Crippen molar-refractivity contribution in [2.75, 3.05) is 37.9 Å². The van der Waals surface area contributed by atoms with Gasteiger partial charge in [-0.1, -0.05) is 11.3 Å². The fourth-order valence-corrected chi connectivity index (χ4v) is 6.91. The molecule has 16 heteroatoms. The van der Waals surface area contributed by atoms with Crippen LogP contribution in [0.2, 0.25) is 0 Å². The Morgan fingerprint density at radius 1 is 1.24 bits per heavy atom. The van der Waals surface area contributed by atoms with Crippen LogP contribution in [0.3, 0.4) is 0 Å². The number of halogens is 3. The van der Waals surface area contributed by atoms with Gasteiger partial charge in [-0.15, -0.1) is 10.2 Å². The van der Waals surface area contributed by atoms with Crippen LogP contribution in [-0.2, 0) is 21.8 Å². The predicted octanol–water partition coefficient (Wildman–Crippen LogP) is 1.32. The summed E-state index contributed by atoms with van der Waals surface area (Å²) in [7, 11) is -2.75. The average molecular weight is 562 g/mol. The normalized spacial score (nSPS) is 22.1. The minimum Gasteiger partial charge on any atom is -0.377 e. The number of rotatable bonds is 7. The number of aromatic nitrogens is 4. The summed E-state index contributed by atoms with van der Waals surface area (Å²) in [5.74, 6) is 0. The largest absolute Gasteiger partial charge is 0.377 e. The van der Waals surface area contributed by atoms with Crippen LogP contribution in [0.5, 0.6) is 0 Å². The smallest absolute Gasteiger partial charge is 0.335 e. The van der Waals surface area contributed by atoms with Gasteiger partial charge in [0.25, 0.3) is 6.43 Å². The Morgan fingerprint density at radius 2 is 1.92 bits per heavy atom. The van der Waals surface area contributed by atoms with Crippen molar-refractivity contribution in [2.24, 2.45) is 7.05 Å². The molecule has 5 rings (SSSR count). The minimum absolute atomic E-state index is 0.0648. The van der Waals surface area contributed by atoms with Crippen molar-refractivity contribution in [3.8, 4) is 5.13 Å². The molecular formula is C21H26F3N7O4S2. The van der Waals surface area contributed by atoms with Gasteiger partial charge in [-0.05, 0) is 26.0 Å². The van der Waals surface area contributed by atoms with E-state index in [0.717, 1.165) is 4.57 Å². The maximum absolute atomic E-state index is 13.7. The number of aryl methyl sites for hydroxylation is 1. The van der Waals surface area contributed by atoms with Crippen LogP contribution in [0.25, 0.3) is 16.2 Å². The number of nitrogens with zero attached hydrogens (tertiary/aromatic N) is 5. The van der Waals surface area contributed by atoms with Crippen LogP contribution < -0.4 is 20.6 Å². The number of anilines is 1. The molecule has 2 saturated heterocycles. The molecule has 0 radical (unpaired) electrons. The molecule has 37 heavy (non-hydrogen) atoms. The van der Waals surface area contributed by atoms with Crippen molar-refractivity contribution < 1.29 is 26.3 Å². The standard InChI is InChI=1S/C21H26F3N7O4S2/c1-11-6-30(7-12(2)25-11)14-4-13(37(33,34)28-21(8-22)9-35-10-21)5-15-16(14)29(3)20(32)31(15)19-27-26-18(36-19)17(23)24/h4-5,11-12,17,25,28H,6-10H2,1-3H3/t11-,12+. The van der Waals surface area contributed by atoms with Gasteiger partial charge < -0.3 is 15.0 Å². The number of fused-ring (bicyclic) bond motifs is 1. The molecule has 3 aromatic rings. The summed E-state index contributed by atoms with van der Waals surface area (Å²) in [6, 6.07) is 2.85. The lowest BCUT2D eigenvalue weighted by molar-refractivity contribution is -0.0725. The molecule has 4 heterocycles. The molecule has 2 aromatic heterocycles. The fraction of sp³-hybridized carbons (Fsp3) is 0.571. The summed E-state index contributed by atoms with van der Waals surface area (Å²) in [5, 5.41) is 9.97. The molecule has 0 spiro atoms. The van der Waals surface area contributed by atoms with Crippen molar-refractivity contribution >= 4 is 38.1 Å². The number of hydrogen-bond donors (Lipinski definition) is 2. The molecule has 0 unspecified atom stereocenters. The van der Waals surface area contributed by atoms with Crippen LogP contribution in [-0.4, -0.2) is 78.3 Å². The summed E-state index contributed by atoms with van der Waals surface area (Å²) in [6.45, 7) is 3.84. The second-order valence-corrected chi connectivity index (χ2v) is 12.3. The van der Waals surface area contributed by atoms with Crippen molar-refractivity contribution in [1.29, 1.82) is 0 Å². The van der Waals surface area contributed by atoms with Crippen molar-refractivity contribution in [2.45, 2.75) is 42.8 Å². The maximum atomic E-state index is 13.7. The van der Waals surface area contributed by atoms with Crippen LogP contribution in [0.1, 0.15) is 25.3 Å². The van der Waals surface area contributed by atoms with Gasteiger partial charge in [0, 0.05) is 32.2 Å². The third kappa shape index (κ3) is 4.54. The van der Waals surface area contributed by atoms with Gasteiger partial charge in [0.2, 0.25) is 15.2 Å². The Kier molecular flexibility index (Phi) is 6.59. The lowest BCUT2D eigenvalue weighted by Crippen LogP contribution is -2.63. The highest BCUT2D eigenvalue weighted by Crippen LogP contribution is 2.34. The zero-order valence-corrected chi connectivity index (χ0v) is 21.9. The Bertz CT molecular complexity index is 1480. The third-order valence-electron chi connectivity index (χ3n) is 6.48. The SMILES string of the molecule is C[C@@H]1CN(c2cc(S(=O)(=O)NC3(CF)COC3)cc3c2n(C)c(=O)n3-c2nnc(C(F)F)s2)C[C@H](C)N1. The van der Waals surface area contributed by atoms with Crippen LogP contribution >= 0.6 is 11.3 Å². The van der Waals surface area contributed by atoms with E-state index in [1.165, 1.54) is 23.7 Å². The van der Waals surface area contributed by atoms with Gasteiger partial charge in [-0.25, -0.2) is 31.0 Å². The second-order valence-electron chi connectivity index (χ2n) is 9.60. The van der Waals surface area contributed by atoms with Crippen LogP contribution in [0.15, 0.2) is 21.8 Å². The summed E-state index contributed by atoms with van der Waals surface area (Å²) >= 11 is 0.541. The van der Waals surface area contributed by atoms with E-state index in [9.17, 15) is 26.4 Å². The lowest BCUT2D eigenvalue weighted by Gasteiger charge is -2.39.